The molecule has 4 aliphatic carbocycles. The van der Waals surface area contributed by atoms with Crippen molar-refractivity contribution in [2.24, 2.45) is 40.4 Å². The summed E-state index contributed by atoms with van der Waals surface area (Å²) in [5.74, 6) is 5.69. The van der Waals surface area contributed by atoms with Gasteiger partial charge in [0.05, 0.1) is 10.9 Å². The molecule has 4 saturated carbocycles. The minimum absolute atomic E-state index is 0.0155. The van der Waals surface area contributed by atoms with E-state index in [1.807, 2.05) is 12.1 Å². The Labute approximate surface area is 205 Å². The lowest BCUT2D eigenvalue weighted by Crippen LogP contribution is -2.52. The molecule has 0 amide bonds. The van der Waals surface area contributed by atoms with E-state index in [2.05, 4.69) is 31.8 Å². The first kappa shape index (κ1) is 22.8. The highest BCUT2D eigenvalue weighted by molar-refractivity contribution is 5.80. The first-order chi connectivity index (χ1) is 16.4. The maximum Gasteiger partial charge on any atom is 0.258 e. The summed E-state index contributed by atoms with van der Waals surface area (Å²) in [6.07, 6.45) is 18.1. The van der Waals surface area contributed by atoms with Crippen LogP contribution in [-0.2, 0) is 6.42 Å². The second-order valence-corrected chi connectivity index (χ2v) is 13.1. The Kier molecular flexibility index (Phi) is 5.69. The van der Waals surface area contributed by atoms with Crippen molar-refractivity contribution >= 4 is 10.9 Å². The average molecular weight is 461 g/mol. The van der Waals surface area contributed by atoms with Crippen molar-refractivity contribution in [1.29, 1.82) is 0 Å². The topological polar surface area (TPSA) is 45.8 Å². The lowest BCUT2D eigenvalue weighted by molar-refractivity contribution is -0.111. The number of nitrogens with zero attached hydrogens (tertiary/aromatic N) is 1. The van der Waals surface area contributed by atoms with Gasteiger partial charge in [-0.15, -0.1) is 0 Å². The second kappa shape index (κ2) is 8.49. The molecule has 6 rings (SSSR count). The fourth-order valence-electron chi connectivity index (χ4n) is 9.86. The average Bonchev–Trinajstić information content (AvgIpc) is 3.16. The Bertz CT molecular complexity index is 1120. The third-order valence-corrected chi connectivity index (χ3v) is 11.7. The van der Waals surface area contributed by atoms with E-state index in [1.54, 1.807) is 0 Å². The van der Waals surface area contributed by atoms with Gasteiger partial charge in [-0.05, 0) is 123 Å². The molecule has 34 heavy (non-hydrogen) atoms. The van der Waals surface area contributed by atoms with E-state index in [4.69, 9.17) is 4.98 Å². The molecule has 4 aliphatic rings. The van der Waals surface area contributed by atoms with Gasteiger partial charge in [0.15, 0.2) is 0 Å². The fraction of sp³-hybridized carbons (Fsp3) is 0.742. The Hall–Kier alpha value is -1.64. The molecule has 184 valence electrons. The molecule has 1 aromatic carbocycles. The summed E-state index contributed by atoms with van der Waals surface area (Å²) in [6, 6.07) is 5.88. The molecule has 2 aromatic rings. The van der Waals surface area contributed by atoms with E-state index in [0.29, 0.717) is 16.2 Å². The molecular formula is C31H44N2O. The molecule has 1 N–H and O–H groups in total. The quantitative estimate of drug-likeness (QED) is 0.510. The minimum Gasteiger partial charge on any atom is -0.310 e. The molecular weight excluding hydrogens is 416 g/mol. The molecule has 0 bridgehead atoms. The zero-order chi connectivity index (χ0) is 23.5. The number of rotatable bonds is 4. The molecule has 0 radical (unpaired) electrons. The van der Waals surface area contributed by atoms with Gasteiger partial charge in [-0.1, -0.05) is 38.8 Å². The molecule has 3 nitrogen and oxygen atoms in total. The third-order valence-electron chi connectivity index (χ3n) is 11.7. The van der Waals surface area contributed by atoms with Gasteiger partial charge in [-0.25, -0.2) is 4.98 Å². The normalized spacial score (nSPS) is 39.4. The molecule has 0 spiro atoms. The smallest absolute Gasteiger partial charge is 0.258 e. The molecule has 0 saturated heterocycles. The number of hydrogen-bond acceptors (Lipinski definition) is 2. The van der Waals surface area contributed by atoms with Crippen molar-refractivity contribution in [3.8, 4) is 0 Å². The van der Waals surface area contributed by atoms with Crippen LogP contribution >= 0.6 is 0 Å². The molecule has 3 heteroatoms. The summed E-state index contributed by atoms with van der Waals surface area (Å²) in [4.78, 5) is 20.5. The number of hydrogen-bond donors (Lipinski definition) is 1. The van der Waals surface area contributed by atoms with Crippen LogP contribution in [0.5, 0.6) is 0 Å². The minimum atomic E-state index is 0.0155. The van der Waals surface area contributed by atoms with Gasteiger partial charge in [0, 0.05) is 6.42 Å². The van der Waals surface area contributed by atoms with Crippen molar-refractivity contribution in [3.63, 3.8) is 0 Å². The number of aromatic nitrogens is 2. The first-order valence-electron chi connectivity index (χ1n) is 14.4. The predicted octanol–water partition coefficient (Wildman–Crippen LogP) is 7.60. The van der Waals surface area contributed by atoms with Crippen LogP contribution < -0.4 is 5.56 Å². The number of nitrogens with one attached hydrogen (secondary N) is 1. The van der Waals surface area contributed by atoms with E-state index in [0.717, 1.165) is 59.3 Å². The van der Waals surface area contributed by atoms with Crippen molar-refractivity contribution in [1.82, 2.24) is 9.97 Å². The SMILES string of the molecule is Cc1cccc2c(=O)[nH]c(CCCC3CCC4C5CCC6CCCCC6(C)C5CCC34C)nc12. The third kappa shape index (κ3) is 3.51. The van der Waals surface area contributed by atoms with Crippen LogP contribution in [0.2, 0.25) is 0 Å². The Morgan fingerprint density at radius 2 is 1.82 bits per heavy atom. The van der Waals surface area contributed by atoms with Crippen molar-refractivity contribution in [3.05, 3.63) is 39.9 Å². The van der Waals surface area contributed by atoms with Crippen LogP contribution in [0.3, 0.4) is 0 Å². The van der Waals surface area contributed by atoms with Gasteiger partial charge in [0.25, 0.3) is 5.56 Å². The van der Waals surface area contributed by atoms with Crippen molar-refractivity contribution in [2.75, 3.05) is 0 Å². The maximum atomic E-state index is 12.6. The number of H-pyrrole nitrogens is 1. The molecule has 1 aromatic heterocycles. The van der Waals surface area contributed by atoms with Crippen molar-refractivity contribution in [2.45, 2.75) is 104 Å². The standard InChI is InChI=1S/C31H44N2O/c1-20-8-6-11-24-28(20)32-27(33-29(24)34)12-7-10-22-14-16-25-23-15-13-21-9-4-5-18-30(21,2)26(23)17-19-31(22,25)3/h6,8,11,21-23,25-26H,4-5,7,9-10,12-19H2,1-3H3,(H,32,33,34). The van der Waals surface area contributed by atoms with E-state index in [9.17, 15) is 4.79 Å². The van der Waals surface area contributed by atoms with Gasteiger partial charge in [-0.3, -0.25) is 4.79 Å². The van der Waals surface area contributed by atoms with Crippen LogP contribution in [0.25, 0.3) is 10.9 Å². The Morgan fingerprint density at radius 3 is 2.71 bits per heavy atom. The number of aryl methyl sites for hydroxylation is 2. The summed E-state index contributed by atoms with van der Waals surface area (Å²) in [6.45, 7) is 7.41. The number of fused-ring (bicyclic) bond motifs is 6. The maximum absolute atomic E-state index is 12.6. The lowest BCUT2D eigenvalue weighted by atomic mass is 9.45. The summed E-state index contributed by atoms with van der Waals surface area (Å²) < 4.78 is 0. The van der Waals surface area contributed by atoms with E-state index in [-0.39, 0.29) is 5.56 Å². The van der Waals surface area contributed by atoms with E-state index in [1.165, 1.54) is 70.6 Å². The largest absolute Gasteiger partial charge is 0.310 e. The monoisotopic (exact) mass is 460 g/mol. The van der Waals surface area contributed by atoms with Gasteiger partial charge in [0.2, 0.25) is 0 Å². The highest BCUT2D eigenvalue weighted by Crippen LogP contribution is 2.67. The van der Waals surface area contributed by atoms with Crippen LogP contribution in [0.4, 0.5) is 0 Å². The number of benzene rings is 1. The predicted molar refractivity (Wildman–Crippen MR) is 140 cm³/mol. The van der Waals surface area contributed by atoms with Gasteiger partial charge in [-0.2, -0.15) is 0 Å². The molecule has 7 atom stereocenters. The van der Waals surface area contributed by atoms with Crippen molar-refractivity contribution < 1.29 is 0 Å². The van der Waals surface area contributed by atoms with E-state index >= 15 is 0 Å². The second-order valence-electron chi connectivity index (χ2n) is 13.1. The summed E-state index contributed by atoms with van der Waals surface area (Å²) in [5, 5.41) is 0.716. The molecule has 7 unspecified atom stereocenters. The summed E-state index contributed by atoms with van der Waals surface area (Å²) >= 11 is 0. The fourth-order valence-corrected chi connectivity index (χ4v) is 9.86. The molecule has 0 aliphatic heterocycles. The highest BCUT2D eigenvalue weighted by atomic mass is 16.1. The number of aromatic amines is 1. The Balaban J connectivity index is 1.14. The first-order valence-corrected chi connectivity index (χ1v) is 14.4. The Morgan fingerprint density at radius 1 is 0.971 bits per heavy atom. The zero-order valence-electron chi connectivity index (χ0n) is 21.7. The van der Waals surface area contributed by atoms with Gasteiger partial charge >= 0.3 is 0 Å². The van der Waals surface area contributed by atoms with Gasteiger partial charge in [0.1, 0.15) is 5.82 Å². The highest BCUT2D eigenvalue weighted by Gasteiger charge is 2.59. The number of para-hydroxylation sites is 1. The molecule has 4 fully saturated rings. The van der Waals surface area contributed by atoms with Crippen LogP contribution in [0.1, 0.15) is 102 Å². The molecule has 1 heterocycles. The van der Waals surface area contributed by atoms with Crippen LogP contribution in [0.15, 0.2) is 23.0 Å². The lowest BCUT2D eigenvalue weighted by Gasteiger charge is -2.60. The van der Waals surface area contributed by atoms with Crippen LogP contribution in [0, 0.1) is 47.3 Å². The summed E-state index contributed by atoms with van der Waals surface area (Å²) in [5.41, 5.74) is 3.17. The van der Waals surface area contributed by atoms with Gasteiger partial charge < -0.3 is 4.98 Å². The van der Waals surface area contributed by atoms with Crippen LogP contribution in [-0.4, -0.2) is 9.97 Å². The van der Waals surface area contributed by atoms with E-state index < -0.39 is 0 Å². The summed E-state index contributed by atoms with van der Waals surface area (Å²) in [7, 11) is 0. The zero-order valence-corrected chi connectivity index (χ0v) is 21.7.